The van der Waals surface area contributed by atoms with Gasteiger partial charge >= 0.3 is 0 Å². The topological polar surface area (TPSA) is 61.3 Å². The second kappa shape index (κ2) is 7.14. The summed E-state index contributed by atoms with van der Waals surface area (Å²) in [5, 5.41) is 2.00. The predicted octanol–water partition coefficient (Wildman–Crippen LogP) is 5.66. The average Bonchev–Trinajstić information content (AvgIpc) is 2.89. The Labute approximate surface area is 196 Å². The highest BCUT2D eigenvalue weighted by molar-refractivity contribution is 7.86. The molecule has 0 unspecified atom stereocenters. The Bertz CT molecular complexity index is 1520. The van der Waals surface area contributed by atoms with Crippen LogP contribution >= 0.6 is 7.14 Å². The third kappa shape index (κ3) is 2.71. The zero-order valence-corrected chi connectivity index (χ0v) is 18.8. The molecule has 5 nitrogen and oxygen atoms in total. The Balaban J connectivity index is 1.45. The van der Waals surface area contributed by atoms with Crippen molar-refractivity contribution in [2.75, 3.05) is 0 Å². The van der Waals surface area contributed by atoms with Gasteiger partial charge in [0.2, 0.25) is 0 Å². The van der Waals surface area contributed by atoms with E-state index in [1.807, 2.05) is 78.9 Å². The minimum Gasteiger partial charge on any atom is -0.456 e. The lowest BCUT2D eigenvalue weighted by Crippen LogP contribution is -2.35. The summed E-state index contributed by atoms with van der Waals surface area (Å²) in [5.74, 6) is 2.36. The summed E-state index contributed by atoms with van der Waals surface area (Å²) in [7, 11) is -3.21. The van der Waals surface area contributed by atoms with Gasteiger partial charge in [0, 0.05) is 24.8 Å². The molecule has 7 rings (SSSR count). The molecule has 6 heteroatoms. The SMILES string of the molecule is O=P12c3ccc(-c4ccncc4)cc3Oc3cccc(c31)Oc1cc(-c3ccncc3)ccc12. The molecule has 5 aromatic rings. The van der Waals surface area contributed by atoms with E-state index in [9.17, 15) is 0 Å². The number of pyridine rings is 2. The molecule has 0 aliphatic carbocycles. The second-order valence-corrected chi connectivity index (χ2v) is 10.9. The summed E-state index contributed by atoms with van der Waals surface area (Å²) < 4.78 is 27.6. The molecule has 3 aromatic carbocycles. The average molecular weight is 460 g/mol. The minimum atomic E-state index is -3.21. The molecule has 0 spiro atoms. The van der Waals surface area contributed by atoms with E-state index in [4.69, 9.17) is 9.47 Å². The molecule has 0 radical (unpaired) electrons. The normalized spacial score (nSPS) is 14.1. The summed E-state index contributed by atoms with van der Waals surface area (Å²) in [5.41, 5.74) is 4.00. The van der Waals surface area contributed by atoms with Gasteiger partial charge in [-0.3, -0.25) is 9.97 Å². The van der Waals surface area contributed by atoms with Crippen LogP contribution in [0.4, 0.5) is 0 Å². The van der Waals surface area contributed by atoms with Crippen molar-refractivity contribution in [1.29, 1.82) is 0 Å². The van der Waals surface area contributed by atoms with Crippen molar-refractivity contribution in [1.82, 2.24) is 9.97 Å². The van der Waals surface area contributed by atoms with E-state index in [0.717, 1.165) is 22.3 Å². The molecule has 34 heavy (non-hydrogen) atoms. The van der Waals surface area contributed by atoms with Gasteiger partial charge < -0.3 is 14.0 Å². The van der Waals surface area contributed by atoms with Gasteiger partial charge in [-0.05, 0) is 82.9 Å². The van der Waals surface area contributed by atoms with Gasteiger partial charge in [0.1, 0.15) is 28.3 Å². The Morgan fingerprint density at radius 3 is 1.47 bits per heavy atom. The molecule has 0 atom stereocenters. The van der Waals surface area contributed by atoms with Crippen LogP contribution in [0.5, 0.6) is 23.0 Å². The van der Waals surface area contributed by atoms with Gasteiger partial charge in [-0.25, -0.2) is 0 Å². The van der Waals surface area contributed by atoms with Gasteiger partial charge in [-0.15, -0.1) is 0 Å². The minimum absolute atomic E-state index is 0.573. The van der Waals surface area contributed by atoms with Gasteiger partial charge in [0.25, 0.3) is 0 Å². The molecule has 0 amide bonds. The molecular weight excluding hydrogens is 443 g/mol. The first kappa shape index (κ1) is 19.3. The van der Waals surface area contributed by atoms with Crippen LogP contribution in [0.25, 0.3) is 22.3 Å². The van der Waals surface area contributed by atoms with Crippen LogP contribution in [0.1, 0.15) is 0 Å². The van der Waals surface area contributed by atoms with Gasteiger partial charge in [-0.2, -0.15) is 0 Å². The first-order chi connectivity index (χ1) is 16.7. The van der Waals surface area contributed by atoms with Crippen molar-refractivity contribution in [3.8, 4) is 45.3 Å². The summed E-state index contributed by atoms with van der Waals surface area (Å²) in [6.07, 6.45) is 7.03. The molecule has 2 aromatic heterocycles. The Morgan fingerprint density at radius 2 is 1.00 bits per heavy atom. The fourth-order valence-corrected chi connectivity index (χ4v) is 7.76. The monoisotopic (exact) mass is 460 g/mol. The van der Waals surface area contributed by atoms with Crippen molar-refractivity contribution in [3.63, 3.8) is 0 Å². The molecule has 0 bridgehead atoms. The van der Waals surface area contributed by atoms with Crippen LogP contribution < -0.4 is 25.4 Å². The van der Waals surface area contributed by atoms with Crippen LogP contribution in [0, 0.1) is 0 Å². The third-order valence-corrected chi connectivity index (χ3v) is 9.51. The Morgan fingerprint density at radius 1 is 0.529 bits per heavy atom. The number of benzene rings is 3. The van der Waals surface area contributed by atoms with Crippen LogP contribution in [0.15, 0.2) is 104 Å². The molecule has 162 valence electrons. The number of aromatic nitrogens is 2. The maximum Gasteiger partial charge on any atom is 0.185 e. The summed E-state index contributed by atoms with van der Waals surface area (Å²) in [6, 6.07) is 25.1. The van der Waals surface area contributed by atoms with Crippen LogP contribution in [-0.2, 0) is 4.57 Å². The molecule has 2 aliphatic rings. The van der Waals surface area contributed by atoms with E-state index < -0.39 is 7.14 Å². The first-order valence-corrected chi connectivity index (χ1v) is 12.6. The van der Waals surface area contributed by atoms with E-state index in [0.29, 0.717) is 38.9 Å². The maximum atomic E-state index is 15.1. The second-order valence-electron chi connectivity index (χ2n) is 8.25. The Hall–Kier alpha value is -4.21. The highest BCUT2D eigenvalue weighted by atomic mass is 31.2. The Kier molecular flexibility index (Phi) is 4.05. The van der Waals surface area contributed by atoms with Crippen molar-refractivity contribution >= 4 is 23.1 Å². The number of hydrogen-bond donors (Lipinski definition) is 0. The van der Waals surface area contributed by atoms with E-state index in [2.05, 4.69) is 9.97 Å². The molecule has 2 aliphatic heterocycles. The van der Waals surface area contributed by atoms with Crippen molar-refractivity contribution in [2.24, 2.45) is 0 Å². The van der Waals surface area contributed by atoms with Crippen molar-refractivity contribution in [2.45, 2.75) is 0 Å². The van der Waals surface area contributed by atoms with Crippen LogP contribution in [-0.4, -0.2) is 9.97 Å². The lowest BCUT2D eigenvalue weighted by Gasteiger charge is -2.34. The maximum absolute atomic E-state index is 15.1. The third-order valence-electron chi connectivity index (χ3n) is 6.34. The largest absolute Gasteiger partial charge is 0.456 e. The molecule has 0 N–H and O–H groups in total. The smallest absolute Gasteiger partial charge is 0.185 e. The molecule has 0 fully saturated rings. The fraction of sp³-hybridized carbons (Fsp3) is 0. The first-order valence-electron chi connectivity index (χ1n) is 10.9. The molecular formula is C28H17N2O3P. The van der Waals surface area contributed by atoms with E-state index in [1.54, 1.807) is 24.8 Å². The summed E-state index contributed by atoms with van der Waals surface area (Å²) in [4.78, 5) is 8.21. The highest BCUT2D eigenvalue weighted by Crippen LogP contribution is 2.58. The number of ether oxygens (including phenoxy) is 2. The van der Waals surface area contributed by atoms with Gasteiger partial charge in [-0.1, -0.05) is 18.2 Å². The zero-order valence-electron chi connectivity index (χ0n) is 17.9. The number of hydrogen-bond acceptors (Lipinski definition) is 5. The standard InChI is InChI=1S/C28H17N2O3P/c31-34-26-6-4-20(18-8-12-29-13-9-18)16-24(26)32-22-2-1-3-23(28(22)34)33-25-17-21(5-7-27(25)34)19-10-14-30-15-11-19/h1-17H. The number of fused-ring (bicyclic) bond motifs is 4. The summed E-state index contributed by atoms with van der Waals surface area (Å²) >= 11 is 0. The molecule has 4 heterocycles. The van der Waals surface area contributed by atoms with E-state index >= 15 is 4.57 Å². The summed E-state index contributed by atoms with van der Waals surface area (Å²) in [6.45, 7) is 0. The number of rotatable bonds is 2. The zero-order chi connectivity index (χ0) is 22.7. The van der Waals surface area contributed by atoms with E-state index in [-0.39, 0.29) is 0 Å². The van der Waals surface area contributed by atoms with Gasteiger partial charge in [0.05, 0.1) is 10.6 Å². The van der Waals surface area contributed by atoms with Crippen LogP contribution in [0.2, 0.25) is 0 Å². The van der Waals surface area contributed by atoms with E-state index in [1.165, 1.54) is 0 Å². The quantitative estimate of drug-likeness (QED) is 0.312. The lowest BCUT2D eigenvalue weighted by molar-refractivity contribution is 0.462. The van der Waals surface area contributed by atoms with Crippen molar-refractivity contribution in [3.05, 3.63) is 104 Å². The van der Waals surface area contributed by atoms with Crippen molar-refractivity contribution < 1.29 is 14.0 Å². The highest BCUT2D eigenvalue weighted by Gasteiger charge is 2.46. The van der Waals surface area contributed by atoms with Crippen LogP contribution in [0.3, 0.4) is 0 Å². The predicted molar refractivity (Wildman–Crippen MR) is 132 cm³/mol. The lowest BCUT2D eigenvalue weighted by atomic mass is 10.1. The molecule has 0 saturated heterocycles. The fourth-order valence-electron chi connectivity index (χ4n) is 4.74. The van der Waals surface area contributed by atoms with Gasteiger partial charge in [0.15, 0.2) is 7.14 Å². The molecule has 0 saturated carbocycles. The number of nitrogens with zero attached hydrogens (tertiary/aromatic N) is 2.